The van der Waals surface area contributed by atoms with E-state index in [0.29, 0.717) is 24.9 Å². The van der Waals surface area contributed by atoms with E-state index in [1.807, 2.05) is 47.4 Å². The summed E-state index contributed by atoms with van der Waals surface area (Å²) in [5.41, 5.74) is 3.37. The lowest BCUT2D eigenvalue weighted by molar-refractivity contribution is -0.133. The van der Waals surface area contributed by atoms with Crippen LogP contribution in [0.2, 0.25) is 0 Å². The second-order valence-electron chi connectivity index (χ2n) is 9.92. The average molecular weight is 547 g/mol. The van der Waals surface area contributed by atoms with Gasteiger partial charge in [-0.25, -0.2) is 8.42 Å². The van der Waals surface area contributed by atoms with Gasteiger partial charge >= 0.3 is 0 Å². The minimum atomic E-state index is -3.89. The summed E-state index contributed by atoms with van der Waals surface area (Å²) in [6, 6.07) is 22.9. The van der Waals surface area contributed by atoms with Gasteiger partial charge in [0.2, 0.25) is 15.9 Å². The molecule has 2 heterocycles. The van der Waals surface area contributed by atoms with Gasteiger partial charge in [-0.05, 0) is 59.4 Å². The maximum absolute atomic E-state index is 14.1. The second kappa shape index (κ2) is 11.4. The predicted octanol–water partition coefficient (Wildman–Crippen LogP) is 6.56. The number of carbonyl (C=O) groups excluding carboxylic acids is 1. The van der Waals surface area contributed by atoms with Crippen LogP contribution < -0.4 is 0 Å². The zero-order valence-electron chi connectivity index (χ0n) is 22.0. The van der Waals surface area contributed by atoms with Crippen molar-refractivity contribution in [2.75, 3.05) is 19.6 Å². The maximum Gasteiger partial charge on any atom is 0.244 e. The van der Waals surface area contributed by atoms with Gasteiger partial charge in [0.1, 0.15) is 0 Å². The fourth-order valence-corrected chi connectivity index (χ4v) is 7.98. The van der Waals surface area contributed by atoms with Gasteiger partial charge in [-0.3, -0.25) is 4.79 Å². The van der Waals surface area contributed by atoms with Crippen LogP contribution in [-0.2, 0) is 21.2 Å². The number of thiophene rings is 1. The van der Waals surface area contributed by atoms with E-state index >= 15 is 0 Å². The molecule has 5 nitrogen and oxygen atoms in total. The number of aryl methyl sites for hydroxylation is 1. The molecule has 1 amide bonds. The van der Waals surface area contributed by atoms with Crippen molar-refractivity contribution in [3.8, 4) is 0 Å². The number of sulfonamides is 1. The number of amides is 1. The van der Waals surface area contributed by atoms with Crippen LogP contribution in [0.15, 0.2) is 83.1 Å². The first kappa shape index (κ1) is 26.6. The Kier molecular flexibility index (Phi) is 7.98. The van der Waals surface area contributed by atoms with Crippen molar-refractivity contribution >= 4 is 38.0 Å². The van der Waals surface area contributed by atoms with Crippen LogP contribution >= 0.6 is 11.3 Å². The van der Waals surface area contributed by atoms with Gasteiger partial charge < -0.3 is 4.90 Å². The van der Waals surface area contributed by atoms with Gasteiger partial charge in [0.15, 0.2) is 0 Å². The molecule has 7 heteroatoms. The van der Waals surface area contributed by atoms with E-state index in [4.69, 9.17) is 0 Å². The van der Waals surface area contributed by atoms with Crippen molar-refractivity contribution in [3.63, 3.8) is 0 Å². The van der Waals surface area contributed by atoms with Crippen LogP contribution in [0.1, 0.15) is 53.8 Å². The summed E-state index contributed by atoms with van der Waals surface area (Å²) in [6.07, 6.45) is 3.37. The molecule has 3 aromatic carbocycles. The molecule has 4 aromatic rings. The van der Waals surface area contributed by atoms with Gasteiger partial charge in [0, 0.05) is 23.4 Å². The summed E-state index contributed by atoms with van der Waals surface area (Å²) in [6.45, 7) is 4.88. The molecular formula is C31H34N2O3S2. The quantitative estimate of drug-likeness (QED) is 0.223. The molecule has 0 N–H and O–H groups in total. The van der Waals surface area contributed by atoms with Gasteiger partial charge in [0.05, 0.1) is 17.5 Å². The van der Waals surface area contributed by atoms with Crippen LogP contribution in [0.25, 0.3) is 10.8 Å². The Morgan fingerprint density at radius 1 is 0.974 bits per heavy atom. The molecule has 0 saturated carbocycles. The van der Waals surface area contributed by atoms with Gasteiger partial charge in [-0.1, -0.05) is 80.4 Å². The molecule has 0 spiro atoms. The summed E-state index contributed by atoms with van der Waals surface area (Å²) in [4.78, 5) is 17.5. The molecular weight excluding hydrogens is 512 g/mol. The van der Waals surface area contributed by atoms with Crippen molar-refractivity contribution in [2.24, 2.45) is 0 Å². The highest BCUT2D eigenvalue weighted by atomic mass is 32.2. The smallest absolute Gasteiger partial charge is 0.244 e. The highest BCUT2D eigenvalue weighted by Gasteiger charge is 2.36. The number of fused-ring (bicyclic) bond motifs is 2. The molecule has 0 aliphatic carbocycles. The van der Waals surface area contributed by atoms with E-state index in [1.54, 1.807) is 23.5 Å². The molecule has 1 aliphatic rings. The molecule has 38 heavy (non-hydrogen) atoms. The summed E-state index contributed by atoms with van der Waals surface area (Å²) >= 11 is 1.73. The zero-order valence-corrected chi connectivity index (χ0v) is 23.6. The number of nitrogens with zero attached hydrogens (tertiary/aromatic N) is 2. The molecule has 5 rings (SSSR count). The third-order valence-electron chi connectivity index (χ3n) is 7.46. The standard InChI is InChI=1S/C31H34N2O3S2/c1-3-4-9-19-32(38(35,36)29-16-10-13-24-12-6-8-15-26(24)29)22-30(34)33-20-17-28-27(18-21-37-28)31(33)25-14-7-5-11-23(25)2/h5-8,10-16,18,21,31H,3-4,9,17,19-20,22H2,1-2H3. The number of hydrogen-bond donors (Lipinski definition) is 0. The SMILES string of the molecule is CCCCCN(CC(=O)N1CCc2sccc2C1c1ccccc1C)S(=O)(=O)c1cccc2ccccc12. The van der Waals surface area contributed by atoms with E-state index in [2.05, 4.69) is 37.4 Å². The zero-order chi connectivity index (χ0) is 26.7. The molecule has 0 bridgehead atoms. The van der Waals surface area contributed by atoms with Crippen LogP contribution in [0.3, 0.4) is 0 Å². The summed E-state index contributed by atoms with van der Waals surface area (Å²) < 4.78 is 29.6. The third-order valence-corrected chi connectivity index (χ3v) is 10.4. The minimum Gasteiger partial charge on any atom is -0.330 e. The first-order valence-corrected chi connectivity index (χ1v) is 15.6. The van der Waals surface area contributed by atoms with Gasteiger partial charge in [-0.2, -0.15) is 4.31 Å². The van der Waals surface area contributed by atoms with E-state index in [1.165, 1.54) is 9.18 Å². The van der Waals surface area contributed by atoms with E-state index in [-0.39, 0.29) is 23.4 Å². The summed E-state index contributed by atoms with van der Waals surface area (Å²) in [5.74, 6) is -0.157. The van der Waals surface area contributed by atoms with Crippen molar-refractivity contribution in [1.29, 1.82) is 0 Å². The summed E-state index contributed by atoms with van der Waals surface area (Å²) in [7, 11) is -3.89. The first-order valence-electron chi connectivity index (χ1n) is 13.3. The normalized spacial score (nSPS) is 15.7. The monoisotopic (exact) mass is 546 g/mol. The third kappa shape index (κ3) is 5.15. The lowest BCUT2D eigenvalue weighted by Gasteiger charge is -2.38. The number of carbonyl (C=O) groups is 1. The predicted molar refractivity (Wildman–Crippen MR) is 155 cm³/mol. The summed E-state index contributed by atoms with van der Waals surface area (Å²) in [5, 5.41) is 3.64. The molecule has 0 radical (unpaired) electrons. The molecule has 1 atom stereocenters. The Hall–Kier alpha value is -3.00. The van der Waals surface area contributed by atoms with Crippen LogP contribution in [-0.4, -0.2) is 43.2 Å². The fourth-order valence-electron chi connectivity index (χ4n) is 5.44. The van der Waals surface area contributed by atoms with Crippen molar-refractivity contribution in [1.82, 2.24) is 9.21 Å². The first-order chi connectivity index (χ1) is 18.4. The van der Waals surface area contributed by atoms with Crippen molar-refractivity contribution < 1.29 is 13.2 Å². The lowest BCUT2D eigenvalue weighted by Crippen LogP contribution is -2.47. The fraction of sp³-hybridized carbons (Fsp3) is 0.323. The van der Waals surface area contributed by atoms with Gasteiger partial charge in [-0.15, -0.1) is 11.3 Å². The Balaban J connectivity index is 1.50. The Morgan fingerprint density at radius 2 is 1.74 bits per heavy atom. The molecule has 1 aromatic heterocycles. The van der Waals surface area contributed by atoms with Crippen LogP contribution in [0, 0.1) is 6.92 Å². The topological polar surface area (TPSA) is 57.7 Å². The number of hydrogen-bond acceptors (Lipinski definition) is 4. The van der Waals surface area contributed by atoms with Crippen molar-refractivity contribution in [3.05, 3.63) is 99.7 Å². The molecule has 1 aliphatic heterocycles. The van der Waals surface area contributed by atoms with E-state index < -0.39 is 10.0 Å². The molecule has 0 fully saturated rings. The van der Waals surface area contributed by atoms with Crippen molar-refractivity contribution in [2.45, 2.75) is 50.5 Å². The average Bonchev–Trinajstić information content (AvgIpc) is 3.41. The lowest BCUT2D eigenvalue weighted by atomic mass is 9.90. The Morgan fingerprint density at radius 3 is 2.55 bits per heavy atom. The molecule has 0 saturated heterocycles. The van der Waals surface area contributed by atoms with Crippen LogP contribution in [0.5, 0.6) is 0 Å². The van der Waals surface area contributed by atoms with E-state index in [0.717, 1.165) is 41.3 Å². The highest BCUT2D eigenvalue weighted by Crippen LogP contribution is 2.39. The number of rotatable bonds is 9. The van der Waals surface area contributed by atoms with Gasteiger partial charge in [0.25, 0.3) is 0 Å². The Labute approximate surface area is 229 Å². The second-order valence-corrected chi connectivity index (χ2v) is 12.8. The largest absolute Gasteiger partial charge is 0.330 e. The minimum absolute atomic E-state index is 0.157. The maximum atomic E-state index is 14.1. The highest BCUT2D eigenvalue weighted by molar-refractivity contribution is 7.89. The van der Waals surface area contributed by atoms with Crippen LogP contribution in [0.4, 0.5) is 0 Å². The number of benzene rings is 3. The molecule has 198 valence electrons. The Bertz CT molecular complexity index is 1540. The number of unbranched alkanes of at least 4 members (excludes halogenated alkanes) is 2. The van der Waals surface area contributed by atoms with E-state index in [9.17, 15) is 13.2 Å². The molecule has 1 unspecified atom stereocenters.